The zero-order chi connectivity index (χ0) is 7.28. The van der Waals surface area contributed by atoms with Crippen molar-refractivity contribution in [2.24, 2.45) is 0 Å². The van der Waals surface area contributed by atoms with Gasteiger partial charge in [-0.1, -0.05) is 29.8 Å². The average Bonchev–Trinajstić information content (AvgIpc) is 1.87. The Balaban J connectivity index is 3.46. The first-order chi connectivity index (χ1) is 4.22. The van der Waals surface area contributed by atoms with Crippen LogP contribution in [0.4, 0.5) is 0 Å². The van der Waals surface area contributed by atoms with E-state index in [-0.39, 0.29) is 4.83 Å². The SMILES string of the molecule is CCCC(=O)[C@H](Br)CC. The summed E-state index contributed by atoms with van der Waals surface area (Å²) in [6.07, 6.45) is 2.57. The highest BCUT2D eigenvalue weighted by atomic mass is 79.9. The summed E-state index contributed by atoms with van der Waals surface area (Å²) in [6, 6.07) is 0. The van der Waals surface area contributed by atoms with Gasteiger partial charge in [-0.2, -0.15) is 0 Å². The van der Waals surface area contributed by atoms with Crippen LogP contribution in [-0.4, -0.2) is 10.6 Å². The predicted molar refractivity (Wildman–Crippen MR) is 42.9 cm³/mol. The summed E-state index contributed by atoms with van der Waals surface area (Å²) in [5, 5.41) is 0. The van der Waals surface area contributed by atoms with E-state index in [9.17, 15) is 4.79 Å². The van der Waals surface area contributed by atoms with Gasteiger partial charge >= 0.3 is 0 Å². The Morgan fingerprint density at radius 3 is 2.44 bits per heavy atom. The van der Waals surface area contributed by atoms with Gasteiger partial charge in [-0.3, -0.25) is 4.79 Å². The molecule has 0 aliphatic carbocycles. The second-order valence-corrected chi connectivity index (χ2v) is 3.20. The van der Waals surface area contributed by atoms with E-state index in [1.807, 2.05) is 13.8 Å². The highest BCUT2D eigenvalue weighted by Gasteiger charge is 2.09. The fraction of sp³-hybridized carbons (Fsp3) is 0.857. The fourth-order valence-corrected chi connectivity index (χ4v) is 0.860. The van der Waals surface area contributed by atoms with Crippen molar-refractivity contribution in [2.75, 3.05) is 0 Å². The molecule has 1 nitrogen and oxygen atoms in total. The van der Waals surface area contributed by atoms with Crippen LogP contribution in [0.3, 0.4) is 0 Å². The maximum atomic E-state index is 10.9. The quantitative estimate of drug-likeness (QED) is 0.627. The molecule has 0 bridgehead atoms. The molecule has 0 spiro atoms. The highest BCUT2D eigenvalue weighted by molar-refractivity contribution is 9.10. The van der Waals surface area contributed by atoms with E-state index in [4.69, 9.17) is 0 Å². The van der Waals surface area contributed by atoms with E-state index >= 15 is 0 Å². The van der Waals surface area contributed by atoms with Gasteiger partial charge < -0.3 is 0 Å². The molecule has 0 saturated carbocycles. The third-order valence-corrected chi connectivity index (χ3v) is 2.36. The molecule has 54 valence electrons. The molecule has 0 fully saturated rings. The van der Waals surface area contributed by atoms with Crippen molar-refractivity contribution in [1.29, 1.82) is 0 Å². The molecule has 0 saturated heterocycles. The van der Waals surface area contributed by atoms with Gasteiger partial charge in [0.2, 0.25) is 0 Å². The molecule has 0 heterocycles. The van der Waals surface area contributed by atoms with Crippen molar-refractivity contribution < 1.29 is 4.79 Å². The number of alkyl halides is 1. The second kappa shape index (κ2) is 4.98. The molecule has 0 aliphatic rings. The van der Waals surface area contributed by atoms with Gasteiger partial charge in [-0.15, -0.1) is 0 Å². The number of carbonyl (C=O) groups is 1. The Bertz CT molecular complexity index is 90.9. The van der Waals surface area contributed by atoms with Crippen LogP contribution in [0, 0.1) is 0 Å². The van der Waals surface area contributed by atoms with E-state index in [2.05, 4.69) is 15.9 Å². The first kappa shape index (κ1) is 9.15. The molecule has 0 rings (SSSR count). The van der Waals surface area contributed by atoms with Gasteiger partial charge in [-0.05, 0) is 12.8 Å². The average molecular weight is 193 g/mol. The van der Waals surface area contributed by atoms with Gasteiger partial charge in [0.05, 0.1) is 4.83 Å². The van der Waals surface area contributed by atoms with E-state index in [1.54, 1.807) is 0 Å². The minimum Gasteiger partial charge on any atom is -0.298 e. The van der Waals surface area contributed by atoms with Gasteiger partial charge in [0.25, 0.3) is 0 Å². The van der Waals surface area contributed by atoms with Crippen LogP contribution in [0.25, 0.3) is 0 Å². The van der Waals surface area contributed by atoms with E-state index < -0.39 is 0 Å². The van der Waals surface area contributed by atoms with Crippen LogP contribution >= 0.6 is 15.9 Å². The van der Waals surface area contributed by atoms with Crippen LogP contribution < -0.4 is 0 Å². The zero-order valence-corrected chi connectivity index (χ0v) is 7.57. The Morgan fingerprint density at radius 2 is 2.11 bits per heavy atom. The highest BCUT2D eigenvalue weighted by Crippen LogP contribution is 2.08. The molecule has 9 heavy (non-hydrogen) atoms. The summed E-state index contributed by atoms with van der Waals surface area (Å²) < 4.78 is 0. The predicted octanol–water partition coefficient (Wildman–Crippen LogP) is 2.53. The Morgan fingerprint density at radius 1 is 1.56 bits per heavy atom. The van der Waals surface area contributed by atoms with E-state index in [0.29, 0.717) is 12.2 Å². The Labute approximate surface area is 65.0 Å². The molecular formula is C7H13BrO. The Hall–Kier alpha value is 0.150. The van der Waals surface area contributed by atoms with Crippen molar-refractivity contribution in [2.45, 2.75) is 37.9 Å². The van der Waals surface area contributed by atoms with Gasteiger partial charge in [-0.25, -0.2) is 0 Å². The van der Waals surface area contributed by atoms with Crippen molar-refractivity contribution in [3.63, 3.8) is 0 Å². The van der Waals surface area contributed by atoms with E-state index in [1.165, 1.54) is 0 Å². The third-order valence-electron chi connectivity index (χ3n) is 1.20. The van der Waals surface area contributed by atoms with Crippen LogP contribution in [0.15, 0.2) is 0 Å². The summed E-state index contributed by atoms with van der Waals surface area (Å²) in [5.41, 5.74) is 0. The molecule has 0 aliphatic heterocycles. The van der Waals surface area contributed by atoms with Crippen LogP contribution in [-0.2, 0) is 4.79 Å². The van der Waals surface area contributed by atoms with E-state index in [0.717, 1.165) is 12.8 Å². The number of rotatable bonds is 4. The van der Waals surface area contributed by atoms with Crippen LogP contribution in [0.1, 0.15) is 33.1 Å². The molecule has 0 N–H and O–H groups in total. The molecule has 1 atom stereocenters. The molecule has 2 heteroatoms. The number of ketones is 1. The monoisotopic (exact) mass is 192 g/mol. The van der Waals surface area contributed by atoms with Crippen molar-refractivity contribution in [3.8, 4) is 0 Å². The van der Waals surface area contributed by atoms with Gasteiger partial charge in [0.15, 0.2) is 0 Å². The topological polar surface area (TPSA) is 17.1 Å². The van der Waals surface area contributed by atoms with Crippen molar-refractivity contribution in [1.82, 2.24) is 0 Å². The lowest BCUT2D eigenvalue weighted by Gasteiger charge is -2.02. The van der Waals surface area contributed by atoms with Crippen LogP contribution in [0.2, 0.25) is 0 Å². The fourth-order valence-electron chi connectivity index (χ4n) is 0.631. The van der Waals surface area contributed by atoms with Crippen molar-refractivity contribution in [3.05, 3.63) is 0 Å². The normalized spacial score (nSPS) is 13.2. The Kier molecular flexibility index (Phi) is 5.06. The second-order valence-electron chi connectivity index (χ2n) is 2.09. The lowest BCUT2D eigenvalue weighted by molar-refractivity contribution is -0.118. The molecule has 0 unspecified atom stereocenters. The maximum absolute atomic E-state index is 10.9. The number of halogens is 1. The largest absolute Gasteiger partial charge is 0.298 e. The summed E-state index contributed by atoms with van der Waals surface area (Å²) >= 11 is 3.29. The molecule has 0 aromatic carbocycles. The minimum absolute atomic E-state index is 0.0949. The molecule has 0 amide bonds. The standard InChI is InChI=1S/C7H13BrO/c1-3-5-7(9)6(8)4-2/h6H,3-5H2,1-2H3/t6-/m1/s1. The van der Waals surface area contributed by atoms with Gasteiger partial charge in [0.1, 0.15) is 5.78 Å². The summed E-state index contributed by atoms with van der Waals surface area (Å²) in [6.45, 7) is 4.03. The summed E-state index contributed by atoms with van der Waals surface area (Å²) in [7, 11) is 0. The summed E-state index contributed by atoms with van der Waals surface area (Å²) in [5.74, 6) is 0.333. The first-order valence-corrected chi connectivity index (χ1v) is 4.30. The molecule has 0 aromatic rings. The van der Waals surface area contributed by atoms with Crippen molar-refractivity contribution >= 4 is 21.7 Å². The summed E-state index contributed by atoms with van der Waals surface area (Å²) in [4.78, 5) is 11.0. The minimum atomic E-state index is 0.0949. The lowest BCUT2D eigenvalue weighted by atomic mass is 10.1. The molecule has 0 radical (unpaired) electrons. The smallest absolute Gasteiger partial charge is 0.146 e. The number of hydrogen-bond donors (Lipinski definition) is 0. The first-order valence-electron chi connectivity index (χ1n) is 3.39. The van der Waals surface area contributed by atoms with Gasteiger partial charge in [0, 0.05) is 6.42 Å². The lowest BCUT2D eigenvalue weighted by Crippen LogP contribution is -2.11. The number of carbonyl (C=O) groups excluding carboxylic acids is 1. The number of Topliss-reactive ketones (excluding diaryl/α,β-unsaturated/α-hetero) is 1. The zero-order valence-electron chi connectivity index (χ0n) is 5.98. The number of hydrogen-bond acceptors (Lipinski definition) is 1. The molecule has 0 aromatic heterocycles. The van der Waals surface area contributed by atoms with Crippen LogP contribution in [0.5, 0.6) is 0 Å². The molecular weight excluding hydrogens is 180 g/mol. The maximum Gasteiger partial charge on any atom is 0.146 e. The third kappa shape index (κ3) is 3.68.